The van der Waals surface area contributed by atoms with E-state index in [0.717, 1.165) is 4.31 Å². The van der Waals surface area contributed by atoms with Gasteiger partial charge in [0.2, 0.25) is 5.91 Å². The molecule has 0 aliphatic rings. The zero-order valence-corrected chi connectivity index (χ0v) is 19.7. The van der Waals surface area contributed by atoms with Crippen molar-refractivity contribution in [2.75, 3.05) is 22.8 Å². The van der Waals surface area contributed by atoms with Gasteiger partial charge in [0.15, 0.2) is 0 Å². The monoisotopic (exact) mass is 486 g/mol. The number of carbonyl (C=O) groups excluding carboxylic acids is 2. The van der Waals surface area contributed by atoms with Gasteiger partial charge in [0.25, 0.3) is 10.0 Å². The summed E-state index contributed by atoms with van der Waals surface area (Å²) >= 11 is 5.91. The van der Waals surface area contributed by atoms with Crippen molar-refractivity contribution in [1.82, 2.24) is 0 Å². The molecule has 0 aliphatic heterocycles. The van der Waals surface area contributed by atoms with Gasteiger partial charge in [-0.25, -0.2) is 13.2 Å². The van der Waals surface area contributed by atoms with Crippen LogP contribution in [0.3, 0.4) is 0 Å². The zero-order chi connectivity index (χ0) is 24.0. The third kappa shape index (κ3) is 5.91. The van der Waals surface area contributed by atoms with E-state index >= 15 is 0 Å². The van der Waals surface area contributed by atoms with Crippen LogP contribution in [0.4, 0.5) is 11.4 Å². The van der Waals surface area contributed by atoms with Crippen LogP contribution in [0.25, 0.3) is 0 Å². The molecule has 0 aromatic heterocycles. The second kappa shape index (κ2) is 10.5. The lowest BCUT2D eigenvalue weighted by Crippen LogP contribution is -2.38. The molecule has 0 heterocycles. The zero-order valence-electron chi connectivity index (χ0n) is 18.1. The van der Waals surface area contributed by atoms with E-state index in [1.54, 1.807) is 56.3 Å². The van der Waals surface area contributed by atoms with Crippen molar-refractivity contribution in [1.29, 1.82) is 0 Å². The van der Waals surface area contributed by atoms with Crippen LogP contribution in [0.15, 0.2) is 77.7 Å². The second-order valence-electron chi connectivity index (χ2n) is 7.10. The Morgan fingerprint density at radius 2 is 1.70 bits per heavy atom. The number of nitrogens with zero attached hydrogens (tertiary/aromatic N) is 1. The van der Waals surface area contributed by atoms with Crippen LogP contribution < -0.4 is 9.62 Å². The molecule has 0 fully saturated rings. The molecular weight excluding hydrogens is 464 g/mol. The minimum Gasteiger partial charge on any atom is -0.462 e. The average Bonchev–Trinajstić information content (AvgIpc) is 2.78. The lowest BCUT2D eigenvalue weighted by Gasteiger charge is -2.25. The second-order valence-corrected chi connectivity index (χ2v) is 9.40. The Morgan fingerprint density at radius 1 is 1.00 bits per heavy atom. The number of hydrogen-bond acceptors (Lipinski definition) is 5. The van der Waals surface area contributed by atoms with Gasteiger partial charge < -0.3 is 10.1 Å². The molecule has 33 heavy (non-hydrogen) atoms. The molecule has 0 bridgehead atoms. The molecule has 3 rings (SSSR count). The number of rotatable bonds is 8. The van der Waals surface area contributed by atoms with E-state index in [4.69, 9.17) is 16.3 Å². The first-order valence-corrected chi connectivity index (χ1v) is 11.9. The van der Waals surface area contributed by atoms with E-state index in [-0.39, 0.29) is 17.1 Å². The lowest BCUT2D eigenvalue weighted by molar-refractivity contribution is -0.114. The van der Waals surface area contributed by atoms with Gasteiger partial charge in [0.05, 0.1) is 22.8 Å². The number of amides is 1. The van der Waals surface area contributed by atoms with Gasteiger partial charge in [-0.3, -0.25) is 9.10 Å². The maximum atomic E-state index is 13.4. The highest BCUT2D eigenvalue weighted by molar-refractivity contribution is 7.92. The van der Waals surface area contributed by atoms with Gasteiger partial charge in [-0.15, -0.1) is 0 Å². The van der Waals surface area contributed by atoms with Crippen molar-refractivity contribution in [2.24, 2.45) is 0 Å². The van der Waals surface area contributed by atoms with Crippen molar-refractivity contribution in [3.8, 4) is 0 Å². The van der Waals surface area contributed by atoms with Crippen molar-refractivity contribution in [2.45, 2.75) is 18.7 Å². The molecule has 3 aromatic rings. The molecule has 0 atom stereocenters. The molecule has 0 aliphatic carbocycles. The van der Waals surface area contributed by atoms with Gasteiger partial charge >= 0.3 is 5.97 Å². The van der Waals surface area contributed by atoms with Gasteiger partial charge in [0.1, 0.15) is 6.54 Å². The van der Waals surface area contributed by atoms with Gasteiger partial charge in [-0.2, -0.15) is 0 Å². The molecule has 0 spiro atoms. The fourth-order valence-electron chi connectivity index (χ4n) is 3.15. The SMILES string of the molecule is CCOC(=O)c1cccc(NC(=O)CN(c2ccccc2C)S(=O)(=O)c2ccc(Cl)cc2)c1. The summed E-state index contributed by atoms with van der Waals surface area (Å²) in [4.78, 5) is 24.9. The smallest absolute Gasteiger partial charge is 0.338 e. The number of ether oxygens (including phenoxy) is 1. The number of anilines is 2. The van der Waals surface area contributed by atoms with Gasteiger partial charge in [0, 0.05) is 10.7 Å². The predicted molar refractivity (Wildman–Crippen MR) is 128 cm³/mol. The van der Waals surface area contributed by atoms with Crippen molar-refractivity contribution in [3.63, 3.8) is 0 Å². The topological polar surface area (TPSA) is 92.8 Å². The fraction of sp³-hybridized carbons (Fsp3) is 0.167. The number of para-hydroxylation sites is 1. The maximum Gasteiger partial charge on any atom is 0.338 e. The Bertz CT molecular complexity index is 1260. The fourth-order valence-corrected chi connectivity index (χ4v) is 4.76. The van der Waals surface area contributed by atoms with E-state index in [1.165, 1.54) is 30.3 Å². The first-order valence-electron chi connectivity index (χ1n) is 10.1. The van der Waals surface area contributed by atoms with Crippen LogP contribution in [0.5, 0.6) is 0 Å². The van der Waals surface area contributed by atoms with E-state index in [1.807, 2.05) is 0 Å². The van der Waals surface area contributed by atoms with Crippen LogP contribution in [0.1, 0.15) is 22.8 Å². The Balaban J connectivity index is 1.91. The highest BCUT2D eigenvalue weighted by atomic mass is 35.5. The highest BCUT2D eigenvalue weighted by Crippen LogP contribution is 2.27. The van der Waals surface area contributed by atoms with E-state index in [2.05, 4.69) is 5.32 Å². The van der Waals surface area contributed by atoms with Crippen LogP contribution in [-0.2, 0) is 19.6 Å². The summed E-state index contributed by atoms with van der Waals surface area (Å²) in [5, 5.41) is 3.06. The molecule has 0 radical (unpaired) electrons. The van der Waals surface area contributed by atoms with Crippen molar-refractivity contribution < 1.29 is 22.7 Å². The Morgan fingerprint density at radius 3 is 2.36 bits per heavy atom. The first kappa shape index (κ1) is 24.3. The number of aryl methyl sites for hydroxylation is 1. The number of hydrogen-bond donors (Lipinski definition) is 1. The van der Waals surface area contributed by atoms with Crippen LogP contribution >= 0.6 is 11.6 Å². The average molecular weight is 487 g/mol. The van der Waals surface area contributed by atoms with Gasteiger partial charge in [-0.05, 0) is 67.9 Å². The van der Waals surface area contributed by atoms with Crippen LogP contribution in [-0.4, -0.2) is 33.4 Å². The van der Waals surface area contributed by atoms with E-state index in [0.29, 0.717) is 22.0 Å². The molecule has 7 nitrogen and oxygen atoms in total. The quantitative estimate of drug-likeness (QED) is 0.467. The number of nitrogens with one attached hydrogen (secondary N) is 1. The molecule has 3 aromatic carbocycles. The summed E-state index contributed by atoms with van der Waals surface area (Å²) in [6, 6.07) is 18.9. The maximum absolute atomic E-state index is 13.4. The number of esters is 1. The third-order valence-corrected chi connectivity index (χ3v) is 6.76. The van der Waals surface area contributed by atoms with Crippen LogP contribution in [0.2, 0.25) is 5.02 Å². The largest absolute Gasteiger partial charge is 0.462 e. The third-order valence-electron chi connectivity index (χ3n) is 4.73. The standard InChI is InChI=1S/C24H23ClN2O5S/c1-3-32-24(29)18-8-6-9-20(15-18)26-23(28)16-27(22-10-5-4-7-17(22)2)33(30,31)21-13-11-19(25)12-14-21/h4-15H,3,16H2,1-2H3,(H,26,28). The highest BCUT2D eigenvalue weighted by Gasteiger charge is 2.28. The number of carbonyl (C=O) groups is 2. The molecule has 172 valence electrons. The Labute approximate surface area is 198 Å². The number of benzene rings is 3. The molecule has 0 unspecified atom stereocenters. The molecule has 0 saturated heterocycles. The molecule has 0 saturated carbocycles. The first-order chi connectivity index (χ1) is 15.7. The summed E-state index contributed by atoms with van der Waals surface area (Å²) in [6.07, 6.45) is 0. The summed E-state index contributed by atoms with van der Waals surface area (Å²) in [5.41, 5.74) is 1.69. The van der Waals surface area contributed by atoms with E-state index in [9.17, 15) is 18.0 Å². The van der Waals surface area contributed by atoms with E-state index < -0.39 is 28.4 Å². The minimum absolute atomic E-state index is 0.00672. The summed E-state index contributed by atoms with van der Waals surface area (Å²) in [5.74, 6) is -1.09. The molecular formula is C24H23ClN2O5S. The molecule has 1 N–H and O–H groups in total. The minimum atomic E-state index is -4.07. The molecule has 1 amide bonds. The summed E-state index contributed by atoms with van der Waals surface area (Å²) in [6.45, 7) is 3.22. The van der Waals surface area contributed by atoms with Crippen LogP contribution in [0, 0.1) is 6.92 Å². The number of halogens is 1. The summed E-state index contributed by atoms with van der Waals surface area (Å²) < 4.78 is 32.9. The molecule has 9 heteroatoms. The van der Waals surface area contributed by atoms with Gasteiger partial charge in [-0.1, -0.05) is 35.9 Å². The van der Waals surface area contributed by atoms with Crippen molar-refractivity contribution in [3.05, 3.63) is 88.9 Å². The Hall–Kier alpha value is -3.36. The predicted octanol–water partition coefficient (Wildman–Crippen LogP) is 4.66. The summed E-state index contributed by atoms with van der Waals surface area (Å²) in [7, 11) is -4.07. The number of sulfonamides is 1. The Kier molecular flexibility index (Phi) is 7.73. The lowest BCUT2D eigenvalue weighted by atomic mass is 10.2. The van der Waals surface area contributed by atoms with Crippen molar-refractivity contribution >= 4 is 44.9 Å². The normalized spacial score (nSPS) is 11.0.